The molecule has 1 aliphatic rings. The highest BCUT2D eigenvalue weighted by Gasteiger charge is 2.35. The number of likely N-dealkylation sites (tertiary alicyclic amines) is 1. The van der Waals surface area contributed by atoms with Gasteiger partial charge >= 0.3 is 17.8 Å². The number of halogens is 1. The molecule has 0 spiro atoms. The highest BCUT2D eigenvalue weighted by atomic mass is 19.1. The minimum Gasteiger partial charge on any atom is -0.465 e. The molecule has 1 saturated heterocycles. The quantitative estimate of drug-likeness (QED) is 0.480. The Kier molecular flexibility index (Phi) is 4.92. The Morgan fingerprint density at radius 2 is 1.87 bits per heavy atom. The van der Waals surface area contributed by atoms with Gasteiger partial charge in [0.05, 0.1) is 30.6 Å². The maximum atomic E-state index is 13.2. The molecule has 2 atom stereocenters. The highest BCUT2D eigenvalue weighted by molar-refractivity contribution is 6.40. The second-order valence-electron chi connectivity index (χ2n) is 4.98. The van der Waals surface area contributed by atoms with Gasteiger partial charge in [0.2, 0.25) is 0 Å². The number of nitrogens with zero attached hydrogens (tertiary/aromatic N) is 1. The summed E-state index contributed by atoms with van der Waals surface area (Å²) in [5.41, 5.74) is -0.327. The molecule has 9 heteroatoms. The molecule has 23 heavy (non-hydrogen) atoms. The van der Waals surface area contributed by atoms with E-state index in [1.54, 1.807) is 0 Å². The van der Waals surface area contributed by atoms with Crippen LogP contribution in [-0.2, 0) is 14.3 Å². The second-order valence-corrected chi connectivity index (χ2v) is 4.98. The van der Waals surface area contributed by atoms with Crippen LogP contribution in [0.5, 0.6) is 0 Å². The third kappa shape index (κ3) is 3.63. The van der Waals surface area contributed by atoms with Crippen molar-refractivity contribution >= 4 is 23.5 Å². The van der Waals surface area contributed by atoms with Crippen molar-refractivity contribution in [2.45, 2.75) is 12.2 Å². The van der Waals surface area contributed by atoms with Crippen LogP contribution >= 0.6 is 0 Å². The molecule has 0 radical (unpaired) electrons. The minimum atomic E-state index is -1.12. The predicted octanol–water partition coefficient (Wildman–Crippen LogP) is -0.885. The fraction of sp³-hybridized carbons (Fsp3) is 0.357. The van der Waals surface area contributed by atoms with Gasteiger partial charge in [-0.25, -0.2) is 9.18 Å². The Morgan fingerprint density at radius 1 is 1.26 bits per heavy atom. The summed E-state index contributed by atoms with van der Waals surface area (Å²) >= 11 is 0. The molecule has 1 aromatic carbocycles. The van der Waals surface area contributed by atoms with Crippen LogP contribution in [0.4, 0.5) is 10.1 Å². The molecule has 3 N–H and O–H groups in total. The first-order valence-electron chi connectivity index (χ1n) is 6.67. The summed E-state index contributed by atoms with van der Waals surface area (Å²) in [6, 6.07) is 3.01. The van der Waals surface area contributed by atoms with Crippen molar-refractivity contribution in [3.05, 3.63) is 29.6 Å². The van der Waals surface area contributed by atoms with Gasteiger partial charge in [0.25, 0.3) is 0 Å². The van der Waals surface area contributed by atoms with Crippen LogP contribution < -0.4 is 5.32 Å². The molecule has 2 rings (SSSR count). The lowest BCUT2D eigenvalue weighted by atomic mass is 10.1. The summed E-state index contributed by atoms with van der Waals surface area (Å²) in [5.74, 6) is -3.65. The summed E-state index contributed by atoms with van der Waals surface area (Å²) in [4.78, 5) is 36.5. The topological polar surface area (TPSA) is 116 Å². The lowest BCUT2D eigenvalue weighted by Gasteiger charge is -2.15. The zero-order valence-electron chi connectivity index (χ0n) is 12.2. The molecule has 0 unspecified atom stereocenters. The minimum absolute atomic E-state index is 0.0862. The number of aliphatic hydroxyl groups excluding tert-OH is 2. The van der Waals surface area contributed by atoms with Gasteiger partial charge in [-0.3, -0.25) is 9.59 Å². The number of β-amino-alcohol motifs (C(OH)–C–C–N with tert-alkyl or cyclic N) is 2. The average molecular weight is 326 g/mol. The number of hydrogen-bond acceptors (Lipinski definition) is 6. The lowest BCUT2D eigenvalue weighted by molar-refractivity contribution is -0.142. The Balaban J connectivity index is 2.14. The third-order valence-electron chi connectivity index (χ3n) is 3.38. The number of carbonyl (C=O) groups excluding carboxylic acids is 3. The SMILES string of the molecule is COC(=O)c1cc(F)ccc1NC(=O)C(=O)N1C[C@@H](O)[C@@H](O)C1. The normalized spacial score (nSPS) is 20.3. The molecule has 0 aromatic heterocycles. The van der Waals surface area contributed by atoms with Crippen molar-refractivity contribution in [2.75, 3.05) is 25.5 Å². The maximum Gasteiger partial charge on any atom is 0.340 e. The molecule has 1 fully saturated rings. The van der Waals surface area contributed by atoms with Crippen LogP contribution in [0, 0.1) is 5.82 Å². The Morgan fingerprint density at radius 3 is 2.43 bits per heavy atom. The first kappa shape index (κ1) is 16.8. The average Bonchev–Trinajstić information content (AvgIpc) is 2.86. The van der Waals surface area contributed by atoms with Gasteiger partial charge in [0.15, 0.2) is 0 Å². The molecule has 2 amide bonds. The largest absolute Gasteiger partial charge is 0.465 e. The molecule has 1 aliphatic heterocycles. The standard InChI is InChI=1S/C14H15FN2O6/c1-23-14(22)8-4-7(15)2-3-9(8)16-12(20)13(21)17-5-10(18)11(19)6-17/h2-4,10-11,18-19H,5-6H2,1H3,(H,16,20)/t10-,11+. The number of anilines is 1. The molecule has 1 aromatic rings. The first-order valence-corrected chi connectivity index (χ1v) is 6.67. The van der Waals surface area contributed by atoms with E-state index in [1.807, 2.05) is 0 Å². The van der Waals surface area contributed by atoms with Crippen molar-refractivity contribution in [2.24, 2.45) is 0 Å². The number of aliphatic hydroxyl groups is 2. The van der Waals surface area contributed by atoms with E-state index in [0.29, 0.717) is 0 Å². The zero-order chi connectivity index (χ0) is 17.1. The van der Waals surface area contributed by atoms with Crippen molar-refractivity contribution in [3.63, 3.8) is 0 Å². The number of benzene rings is 1. The van der Waals surface area contributed by atoms with Gasteiger partial charge in [-0.2, -0.15) is 0 Å². The molecular weight excluding hydrogens is 311 g/mol. The summed E-state index contributed by atoms with van der Waals surface area (Å²) in [6.07, 6.45) is -2.24. The fourth-order valence-corrected chi connectivity index (χ4v) is 2.16. The van der Waals surface area contributed by atoms with Crippen LogP contribution in [0.3, 0.4) is 0 Å². The van der Waals surface area contributed by atoms with E-state index < -0.39 is 35.8 Å². The smallest absolute Gasteiger partial charge is 0.340 e. The van der Waals surface area contributed by atoms with Gasteiger partial charge in [-0.05, 0) is 18.2 Å². The van der Waals surface area contributed by atoms with E-state index in [2.05, 4.69) is 10.1 Å². The molecule has 0 bridgehead atoms. The van der Waals surface area contributed by atoms with Gasteiger partial charge in [0.1, 0.15) is 5.82 Å². The van der Waals surface area contributed by atoms with E-state index in [0.717, 1.165) is 30.2 Å². The molecule has 8 nitrogen and oxygen atoms in total. The Labute approximate surface area is 130 Å². The zero-order valence-corrected chi connectivity index (χ0v) is 12.2. The number of nitrogens with one attached hydrogen (secondary N) is 1. The van der Waals surface area contributed by atoms with Crippen LogP contribution in [0.2, 0.25) is 0 Å². The van der Waals surface area contributed by atoms with Crippen molar-refractivity contribution in [3.8, 4) is 0 Å². The third-order valence-corrected chi connectivity index (χ3v) is 3.38. The summed E-state index contributed by atoms with van der Waals surface area (Å²) in [5, 5.41) is 21.0. The molecule has 124 valence electrons. The number of ether oxygens (including phenoxy) is 1. The number of methoxy groups -OCH3 is 1. The van der Waals surface area contributed by atoms with Crippen LogP contribution in [0.1, 0.15) is 10.4 Å². The molecule has 0 aliphatic carbocycles. The number of rotatable bonds is 2. The van der Waals surface area contributed by atoms with Gasteiger partial charge < -0.3 is 25.2 Å². The summed E-state index contributed by atoms with van der Waals surface area (Å²) in [7, 11) is 1.09. The van der Waals surface area contributed by atoms with Crippen LogP contribution in [-0.4, -0.2) is 65.3 Å². The number of carbonyl (C=O) groups is 3. The predicted molar refractivity (Wildman–Crippen MR) is 75.0 cm³/mol. The lowest BCUT2D eigenvalue weighted by Crippen LogP contribution is -2.39. The van der Waals surface area contributed by atoms with E-state index >= 15 is 0 Å². The monoisotopic (exact) mass is 326 g/mol. The highest BCUT2D eigenvalue weighted by Crippen LogP contribution is 2.19. The fourth-order valence-electron chi connectivity index (χ4n) is 2.16. The second kappa shape index (κ2) is 6.71. The number of esters is 1. The number of hydrogen-bond donors (Lipinski definition) is 3. The Bertz CT molecular complexity index is 640. The maximum absolute atomic E-state index is 13.2. The Hall–Kier alpha value is -2.52. The van der Waals surface area contributed by atoms with Crippen LogP contribution in [0.25, 0.3) is 0 Å². The summed E-state index contributed by atoms with van der Waals surface area (Å²) < 4.78 is 17.7. The van der Waals surface area contributed by atoms with Crippen molar-refractivity contribution in [1.82, 2.24) is 4.90 Å². The van der Waals surface area contributed by atoms with Gasteiger partial charge in [0, 0.05) is 13.1 Å². The van der Waals surface area contributed by atoms with Gasteiger partial charge in [-0.15, -0.1) is 0 Å². The first-order chi connectivity index (χ1) is 10.8. The van der Waals surface area contributed by atoms with E-state index in [-0.39, 0.29) is 24.3 Å². The van der Waals surface area contributed by atoms with Crippen molar-refractivity contribution in [1.29, 1.82) is 0 Å². The van der Waals surface area contributed by atoms with E-state index in [9.17, 15) is 29.0 Å². The van der Waals surface area contributed by atoms with Crippen molar-refractivity contribution < 1.29 is 33.7 Å². The number of amides is 2. The van der Waals surface area contributed by atoms with E-state index in [4.69, 9.17) is 0 Å². The van der Waals surface area contributed by atoms with E-state index in [1.165, 1.54) is 0 Å². The molecular formula is C14H15FN2O6. The van der Waals surface area contributed by atoms with Gasteiger partial charge in [-0.1, -0.05) is 0 Å². The molecule has 1 heterocycles. The molecule has 0 saturated carbocycles. The van der Waals surface area contributed by atoms with Crippen LogP contribution in [0.15, 0.2) is 18.2 Å². The summed E-state index contributed by atoms with van der Waals surface area (Å²) in [6.45, 7) is -0.360.